The highest BCUT2D eigenvalue weighted by molar-refractivity contribution is 5.28. The molecule has 2 unspecified atom stereocenters. The van der Waals surface area contributed by atoms with Gasteiger partial charge in [0.05, 0.1) is 6.10 Å². The van der Waals surface area contributed by atoms with Gasteiger partial charge in [0.25, 0.3) is 0 Å². The fourth-order valence-electron chi connectivity index (χ4n) is 3.02. The van der Waals surface area contributed by atoms with Gasteiger partial charge >= 0.3 is 0 Å². The maximum absolute atomic E-state index is 10.5. The van der Waals surface area contributed by atoms with E-state index in [0.29, 0.717) is 6.42 Å². The number of hydrogen-bond donors (Lipinski definition) is 1. The lowest BCUT2D eigenvalue weighted by Crippen LogP contribution is -2.25. The van der Waals surface area contributed by atoms with E-state index in [0.717, 1.165) is 25.0 Å². The molecule has 0 saturated carbocycles. The molecule has 0 fully saturated rings. The predicted molar refractivity (Wildman–Crippen MR) is 76.1 cm³/mol. The summed E-state index contributed by atoms with van der Waals surface area (Å²) in [4.78, 5) is 4.50. The number of pyridine rings is 1. The Morgan fingerprint density at radius 3 is 2.84 bits per heavy atom. The van der Waals surface area contributed by atoms with Gasteiger partial charge in [0, 0.05) is 17.8 Å². The fraction of sp³-hybridized carbons (Fsp3) is 0.353. The fourth-order valence-corrected chi connectivity index (χ4v) is 3.02. The number of nitrogens with zero attached hydrogens (tertiary/aromatic N) is 1. The van der Waals surface area contributed by atoms with Crippen LogP contribution in [0.15, 0.2) is 48.7 Å². The number of hydrogen-bond acceptors (Lipinski definition) is 2. The predicted octanol–water partition coefficient (Wildman–Crippen LogP) is 3.11. The van der Waals surface area contributed by atoms with Gasteiger partial charge in [-0.15, -0.1) is 0 Å². The lowest BCUT2D eigenvalue weighted by Gasteiger charge is -2.28. The molecule has 0 saturated heterocycles. The molecule has 98 valence electrons. The van der Waals surface area contributed by atoms with Crippen LogP contribution in [0, 0.1) is 0 Å². The van der Waals surface area contributed by atoms with Crippen molar-refractivity contribution in [2.45, 2.75) is 37.7 Å². The van der Waals surface area contributed by atoms with E-state index in [-0.39, 0.29) is 12.0 Å². The Kier molecular flexibility index (Phi) is 3.60. The minimum Gasteiger partial charge on any atom is -0.392 e. The average Bonchev–Trinajstić information content (AvgIpc) is 2.47. The standard InChI is InChI=1S/C17H19NO/c19-16(12-13-6-2-1-3-7-13)15-10-4-8-14-9-5-11-18-17(14)15/h1-3,5-7,9,11,15-16,19H,4,8,10,12H2. The summed E-state index contributed by atoms with van der Waals surface area (Å²) in [7, 11) is 0. The van der Waals surface area contributed by atoms with Gasteiger partial charge in [-0.05, 0) is 42.9 Å². The molecule has 19 heavy (non-hydrogen) atoms. The van der Waals surface area contributed by atoms with E-state index in [2.05, 4.69) is 23.2 Å². The first-order chi connectivity index (χ1) is 9.34. The minimum atomic E-state index is -0.337. The molecule has 1 aromatic heterocycles. The molecule has 0 amide bonds. The van der Waals surface area contributed by atoms with Crippen LogP contribution in [0.5, 0.6) is 0 Å². The van der Waals surface area contributed by atoms with Gasteiger partial charge in [-0.2, -0.15) is 0 Å². The van der Waals surface area contributed by atoms with Crippen molar-refractivity contribution >= 4 is 0 Å². The molecular weight excluding hydrogens is 234 g/mol. The van der Waals surface area contributed by atoms with Crippen LogP contribution in [0.2, 0.25) is 0 Å². The number of benzene rings is 1. The zero-order chi connectivity index (χ0) is 13.1. The Hall–Kier alpha value is -1.67. The van der Waals surface area contributed by atoms with E-state index in [1.54, 1.807) is 0 Å². The molecule has 0 bridgehead atoms. The third-order valence-electron chi connectivity index (χ3n) is 3.99. The van der Waals surface area contributed by atoms with Crippen LogP contribution in [-0.4, -0.2) is 16.2 Å². The molecule has 0 aliphatic heterocycles. The molecule has 1 aliphatic carbocycles. The van der Waals surface area contributed by atoms with E-state index in [1.165, 1.54) is 11.1 Å². The number of aromatic nitrogens is 1. The second-order valence-corrected chi connectivity index (χ2v) is 5.30. The summed E-state index contributed by atoms with van der Waals surface area (Å²) in [5.74, 6) is 0.185. The van der Waals surface area contributed by atoms with Crippen LogP contribution >= 0.6 is 0 Å². The summed E-state index contributed by atoms with van der Waals surface area (Å²) >= 11 is 0. The van der Waals surface area contributed by atoms with Crippen molar-refractivity contribution < 1.29 is 5.11 Å². The summed E-state index contributed by atoms with van der Waals surface area (Å²) in [6.45, 7) is 0. The van der Waals surface area contributed by atoms with E-state index in [4.69, 9.17) is 0 Å². The first-order valence-electron chi connectivity index (χ1n) is 7.00. The summed E-state index contributed by atoms with van der Waals surface area (Å²) in [6, 6.07) is 14.3. The molecule has 0 spiro atoms. The van der Waals surface area contributed by atoms with Gasteiger partial charge in [0.1, 0.15) is 0 Å². The summed E-state index contributed by atoms with van der Waals surface area (Å²) in [6.07, 6.45) is 5.50. The Morgan fingerprint density at radius 1 is 1.16 bits per heavy atom. The van der Waals surface area contributed by atoms with Crippen LogP contribution in [0.4, 0.5) is 0 Å². The lowest BCUT2D eigenvalue weighted by molar-refractivity contribution is 0.132. The quantitative estimate of drug-likeness (QED) is 0.911. The third-order valence-corrected chi connectivity index (χ3v) is 3.99. The van der Waals surface area contributed by atoms with E-state index >= 15 is 0 Å². The SMILES string of the molecule is OC(Cc1ccccc1)C1CCCc2cccnc21. The van der Waals surface area contributed by atoms with Crippen molar-refractivity contribution in [1.82, 2.24) is 4.98 Å². The van der Waals surface area contributed by atoms with Crippen molar-refractivity contribution in [2.75, 3.05) is 0 Å². The molecule has 1 aromatic carbocycles. The molecule has 2 nitrogen and oxygen atoms in total. The van der Waals surface area contributed by atoms with Crippen molar-refractivity contribution in [1.29, 1.82) is 0 Å². The lowest BCUT2D eigenvalue weighted by atomic mass is 9.81. The van der Waals surface area contributed by atoms with Crippen molar-refractivity contribution in [2.24, 2.45) is 0 Å². The molecule has 2 atom stereocenters. The van der Waals surface area contributed by atoms with Gasteiger partial charge in [0.2, 0.25) is 0 Å². The number of rotatable bonds is 3. The van der Waals surface area contributed by atoms with Crippen molar-refractivity contribution in [3.63, 3.8) is 0 Å². The van der Waals surface area contributed by atoms with Crippen LogP contribution in [-0.2, 0) is 12.8 Å². The van der Waals surface area contributed by atoms with Gasteiger partial charge < -0.3 is 5.11 Å². The van der Waals surface area contributed by atoms with Gasteiger partial charge in [-0.3, -0.25) is 4.98 Å². The first kappa shape index (κ1) is 12.4. The molecule has 2 heteroatoms. The Morgan fingerprint density at radius 2 is 2.00 bits per heavy atom. The van der Waals surface area contributed by atoms with Crippen LogP contribution in [0.3, 0.4) is 0 Å². The Balaban J connectivity index is 1.80. The van der Waals surface area contributed by atoms with E-state index in [9.17, 15) is 5.11 Å². The second kappa shape index (κ2) is 5.54. The molecule has 0 radical (unpaired) electrons. The second-order valence-electron chi connectivity index (χ2n) is 5.30. The van der Waals surface area contributed by atoms with Crippen molar-refractivity contribution in [3.05, 3.63) is 65.5 Å². The van der Waals surface area contributed by atoms with E-state index < -0.39 is 0 Å². The highest BCUT2D eigenvalue weighted by atomic mass is 16.3. The monoisotopic (exact) mass is 253 g/mol. The molecule has 1 N–H and O–H groups in total. The van der Waals surface area contributed by atoms with Gasteiger partial charge in [0.15, 0.2) is 0 Å². The summed E-state index contributed by atoms with van der Waals surface area (Å²) in [5.41, 5.74) is 3.61. The average molecular weight is 253 g/mol. The molecule has 1 heterocycles. The number of fused-ring (bicyclic) bond motifs is 1. The highest BCUT2D eigenvalue weighted by Crippen LogP contribution is 2.33. The van der Waals surface area contributed by atoms with Crippen LogP contribution in [0.25, 0.3) is 0 Å². The largest absolute Gasteiger partial charge is 0.392 e. The molecule has 3 rings (SSSR count). The number of aliphatic hydroxyl groups is 1. The Bertz CT molecular complexity index is 538. The number of aliphatic hydroxyl groups excluding tert-OH is 1. The molecule has 2 aromatic rings. The maximum Gasteiger partial charge on any atom is 0.0664 e. The third kappa shape index (κ3) is 2.69. The van der Waals surface area contributed by atoms with Crippen molar-refractivity contribution in [3.8, 4) is 0 Å². The zero-order valence-electron chi connectivity index (χ0n) is 11.0. The zero-order valence-corrected chi connectivity index (χ0v) is 11.0. The van der Waals surface area contributed by atoms with E-state index in [1.807, 2.05) is 30.5 Å². The topological polar surface area (TPSA) is 33.1 Å². The Labute approximate surface area is 114 Å². The normalized spacial score (nSPS) is 19.7. The minimum absolute atomic E-state index is 0.185. The summed E-state index contributed by atoms with van der Waals surface area (Å²) < 4.78 is 0. The highest BCUT2D eigenvalue weighted by Gasteiger charge is 2.27. The first-order valence-corrected chi connectivity index (χ1v) is 7.00. The summed E-state index contributed by atoms with van der Waals surface area (Å²) in [5, 5.41) is 10.5. The van der Waals surface area contributed by atoms with Crippen LogP contribution < -0.4 is 0 Å². The van der Waals surface area contributed by atoms with Crippen LogP contribution in [0.1, 0.15) is 35.6 Å². The van der Waals surface area contributed by atoms with Gasteiger partial charge in [-0.1, -0.05) is 36.4 Å². The smallest absolute Gasteiger partial charge is 0.0664 e. The molecular formula is C17H19NO. The molecule has 1 aliphatic rings. The maximum atomic E-state index is 10.5. The van der Waals surface area contributed by atoms with Gasteiger partial charge in [-0.25, -0.2) is 0 Å². The number of aryl methyl sites for hydroxylation is 1.